The molecule has 0 amide bonds. The fraction of sp³-hybridized carbons (Fsp3) is 1.00. The number of hydrogen-bond donors (Lipinski definition) is 1. The van der Waals surface area contributed by atoms with Crippen LogP contribution >= 0.6 is 11.8 Å². The average molecular weight is 242 g/mol. The van der Waals surface area contributed by atoms with E-state index in [1.807, 2.05) is 11.8 Å². The summed E-state index contributed by atoms with van der Waals surface area (Å²) in [7, 11) is 2.12. The zero-order valence-corrected chi connectivity index (χ0v) is 11.7. The molecule has 0 aromatic carbocycles. The van der Waals surface area contributed by atoms with Gasteiger partial charge in [0.05, 0.1) is 0 Å². The van der Waals surface area contributed by atoms with E-state index in [1.165, 1.54) is 38.6 Å². The zero-order valence-electron chi connectivity index (χ0n) is 10.9. The van der Waals surface area contributed by atoms with Gasteiger partial charge in [-0.15, -0.1) is 0 Å². The number of nitrogens with zero attached hydrogens (tertiary/aromatic N) is 1. The van der Waals surface area contributed by atoms with Crippen molar-refractivity contribution in [3.8, 4) is 0 Å². The second-order valence-corrected chi connectivity index (χ2v) is 6.69. The molecule has 2 fully saturated rings. The van der Waals surface area contributed by atoms with Crippen LogP contribution in [0.4, 0.5) is 0 Å². The topological polar surface area (TPSA) is 15.3 Å². The van der Waals surface area contributed by atoms with Gasteiger partial charge in [0.2, 0.25) is 0 Å². The Morgan fingerprint density at radius 2 is 1.94 bits per heavy atom. The number of piperidine rings is 1. The van der Waals surface area contributed by atoms with Gasteiger partial charge in [-0.05, 0) is 52.0 Å². The Labute approximate surface area is 105 Å². The highest BCUT2D eigenvalue weighted by Gasteiger charge is 2.39. The Balaban J connectivity index is 1.83. The van der Waals surface area contributed by atoms with Crippen molar-refractivity contribution in [2.75, 3.05) is 19.8 Å². The van der Waals surface area contributed by atoms with E-state index >= 15 is 0 Å². The van der Waals surface area contributed by atoms with E-state index in [1.54, 1.807) is 0 Å². The minimum absolute atomic E-state index is 0.784. The molecule has 2 rings (SSSR count). The third-order valence-corrected chi connectivity index (χ3v) is 5.53. The number of fused-ring (bicyclic) bond motifs is 2. The van der Waals surface area contributed by atoms with Gasteiger partial charge < -0.3 is 5.32 Å². The number of thioether (sulfide) groups is 1. The summed E-state index contributed by atoms with van der Waals surface area (Å²) in [5.74, 6) is 0. The van der Waals surface area contributed by atoms with E-state index in [0.717, 1.165) is 23.4 Å². The van der Waals surface area contributed by atoms with Crippen molar-refractivity contribution in [3.05, 3.63) is 0 Å². The summed E-state index contributed by atoms with van der Waals surface area (Å²) in [5, 5.41) is 4.29. The van der Waals surface area contributed by atoms with Crippen LogP contribution in [0.3, 0.4) is 0 Å². The molecule has 0 aromatic rings. The maximum Gasteiger partial charge on any atom is 0.0114 e. The minimum Gasteiger partial charge on any atom is -0.317 e. The van der Waals surface area contributed by atoms with Gasteiger partial charge in [-0.2, -0.15) is 11.8 Å². The van der Waals surface area contributed by atoms with Crippen molar-refractivity contribution in [1.82, 2.24) is 10.2 Å². The number of rotatable bonds is 5. The van der Waals surface area contributed by atoms with Crippen molar-refractivity contribution in [1.29, 1.82) is 0 Å². The standard InChI is InChI=1S/C13H26N2S/c1-10(16-3)6-7-15-12-4-5-13(15)9-11(8-12)14-2/h10-14H,4-9H2,1-3H3. The lowest BCUT2D eigenvalue weighted by molar-refractivity contribution is 0.118. The highest BCUT2D eigenvalue weighted by atomic mass is 32.2. The molecule has 0 spiro atoms. The summed E-state index contributed by atoms with van der Waals surface area (Å²) < 4.78 is 0. The van der Waals surface area contributed by atoms with Crippen LogP contribution in [-0.2, 0) is 0 Å². The van der Waals surface area contributed by atoms with Gasteiger partial charge in [0.15, 0.2) is 0 Å². The van der Waals surface area contributed by atoms with Gasteiger partial charge in [0.25, 0.3) is 0 Å². The third kappa shape index (κ3) is 2.74. The summed E-state index contributed by atoms with van der Waals surface area (Å²) in [6.07, 6.45) is 9.22. The lowest BCUT2D eigenvalue weighted by Gasteiger charge is -2.39. The normalized spacial score (nSPS) is 36.6. The van der Waals surface area contributed by atoms with E-state index < -0.39 is 0 Å². The van der Waals surface area contributed by atoms with E-state index in [9.17, 15) is 0 Å². The largest absolute Gasteiger partial charge is 0.317 e. The first-order valence-electron chi connectivity index (χ1n) is 6.70. The molecule has 94 valence electrons. The average Bonchev–Trinajstić information content (AvgIpc) is 2.55. The van der Waals surface area contributed by atoms with Crippen LogP contribution in [-0.4, -0.2) is 48.1 Å². The van der Waals surface area contributed by atoms with Gasteiger partial charge in [0, 0.05) is 23.4 Å². The van der Waals surface area contributed by atoms with Crippen LogP contribution in [0.2, 0.25) is 0 Å². The first-order chi connectivity index (χ1) is 7.74. The molecule has 0 aliphatic carbocycles. The molecule has 3 heteroatoms. The second-order valence-electron chi connectivity index (χ2n) is 5.41. The minimum atomic E-state index is 0.784. The first-order valence-corrected chi connectivity index (χ1v) is 7.99. The maximum atomic E-state index is 3.47. The van der Waals surface area contributed by atoms with Gasteiger partial charge in [-0.25, -0.2) is 0 Å². The van der Waals surface area contributed by atoms with Gasteiger partial charge >= 0.3 is 0 Å². The predicted molar refractivity (Wildman–Crippen MR) is 73.2 cm³/mol. The van der Waals surface area contributed by atoms with Gasteiger partial charge in [0.1, 0.15) is 0 Å². The number of nitrogens with one attached hydrogen (secondary N) is 1. The van der Waals surface area contributed by atoms with E-state index in [4.69, 9.17) is 0 Å². The molecule has 3 unspecified atom stereocenters. The Hall–Kier alpha value is 0.270. The van der Waals surface area contributed by atoms with Gasteiger partial charge in [-0.3, -0.25) is 4.90 Å². The molecule has 0 saturated carbocycles. The Morgan fingerprint density at radius 1 is 1.31 bits per heavy atom. The third-order valence-electron chi connectivity index (χ3n) is 4.49. The Morgan fingerprint density at radius 3 is 2.44 bits per heavy atom. The number of hydrogen-bond acceptors (Lipinski definition) is 3. The molecule has 2 aliphatic rings. The summed E-state index contributed by atoms with van der Waals surface area (Å²) in [4.78, 5) is 2.81. The SMILES string of the molecule is CNC1CC2CCC(C1)N2CCC(C)SC. The fourth-order valence-corrected chi connectivity index (χ4v) is 3.66. The first kappa shape index (κ1) is 12.7. The molecule has 2 heterocycles. The maximum absolute atomic E-state index is 3.47. The molecule has 3 atom stereocenters. The lowest BCUT2D eigenvalue weighted by atomic mass is 9.97. The van der Waals surface area contributed by atoms with Crippen molar-refractivity contribution in [2.45, 2.75) is 62.4 Å². The second kappa shape index (κ2) is 5.74. The molecular formula is C13H26N2S. The van der Waals surface area contributed by atoms with Crippen LogP contribution in [0.5, 0.6) is 0 Å². The highest BCUT2D eigenvalue weighted by Crippen LogP contribution is 2.35. The molecule has 2 bridgehead atoms. The van der Waals surface area contributed by atoms with Crippen molar-refractivity contribution >= 4 is 11.8 Å². The van der Waals surface area contributed by atoms with Crippen LogP contribution in [0.15, 0.2) is 0 Å². The van der Waals surface area contributed by atoms with Crippen LogP contribution in [0.1, 0.15) is 39.0 Å². The highest BCUT2D eigenvalue weighted by molar-refractivity contribution is 7.99. The van der Waals surface area contributed by atoms with Crippen molar-refractivity contribution in [2.24, 2.45) is 0 Å². The summed E-state index contributed by atoms with van der Waals surface area (Å²) in [6, 6.07) is 2.54. The van der Waals surface area contributed by atoms with Crippen molar-refractivity contribution in [3.63, 3.8) is 0 Å². The Bertz CT molecular complexity index is 208. The molecule has 1 N–H and O–H groups in total. The van der Waals surface area contributed by atoms with Crippen LogP contribution in [0, 0.1) is 0 Å². The molecule has 2 aliphatic heterocycles. The van der Waals surface area contributed by atoms with E-state index in [2.05, 4.69) is 30.4 Å². The smallest absolute Gasteiger partial charge is 0.0114 e. The summed E-state index contributed by atoms with van der Waals surface area (Å²) in [6.45, 7) is 3.68. The van der Waals surface area contributed by atoms with E-state index in [0.29, 0.717) is 0 Å². The lowest BCUT2D eigenvalue weighted by Crippen LogP contribution is -2.48. The predicted octanol–water partition coefficient (Wildman–Crippen LogP) is 2.34. The molecule has 0 radical (unpaired) electrons. The fourth-order valence-electron chi connectivity index (χ4n) is 3.32. The monoisotopic (exact) mass is 242 g/mol. The molecule has 2 saturated heterocycles. The Kier molecular flexibility index (Phi) is 4.57. The van der Waals surface area contributed by atoms with Gasteiger partial charge in [-0.1, -0.05) is 6.92 Å². The summed E-state index contributed by atoms with van der Waals surface area (Å²) >= 11 is 2.00. The van der Waals surface area contributed by atoms with E-state index in [-0.39, 0.29) is 0 Å². The quantitative estimate of drug-likeness (QED) is 0.797. The van der Waals surface area contributed by atoms with Crippen molar-refractivity contribution < 1.29 is 0 Å². The summed E-state index contributed by atoms with van der Waals surface area (Å²) in [5.41, 5.74) is 0. The molecule has 2 nitrogen and oxygen atoms in total. The zero-order chi connectivity index (χ0) is 11.5. The molecule has 0 aromatic heterocycles. The molecule has 16 heavy (non-hydrogen) atoms. The molecular weight excluding hydrogens is 216 g/mol. The van der Waals surface area contributed by atoms with Crippen LogP contribution < -0.4 is 5.32 Å². The van der Waals surface area contributed by atoms with Crippen LogP contribution in [0.25, 0.3) is 0 Å².